The van der Waals surface area contributed by atoms with E-state index in [2.05, 4.69) is 10.0 Å². The zero-order valence-electron chi connectivity index (χ0n) is 15.2. The Kier molecular flexibility index (Phi) is 6.63. The molecule has 2 N–H and O–H groups in total. The highest BCUT2D eigenvalue weighted by Gasteiger charge is 2.14. The van der Waals surface area contributed by atoms with Gasteiger partial charge in [0.15, 0.2) is 6.61 Å². The van der Waals surface area contributed by atoms with Gasteiger partial charge in [0.25, 0.3) is 15.9 Å². The molecule has 2 aromatic rings. The van der Waals surface area contributed by atoms with E-state index in [1.165, 1.54) is 24.3 Å². The molecule has 140 valence electrons. The smallest absolute Gasteiger partial charge is 0.261 e. The Balaban J connectivity index is 1.95. The number of rotatable bonds is 8. The van der Waals surface area contributed by atoms with E-state index in [1.54, 1.807) is 12.1 Å². The fraction of sp³-hybridized carbons (Fsp3) is 0.316. The van der Waals surface area contributed by atoms with Gasteiger partial charge >= 0.3 is 0 Å². The van der Waals surface area contributed by atoms with Gasteiger partial charge in [-0.15, -0.1) is 0 Å². The molecule has 0 saturated carbocycles. The Morgan fingerprint density at radius 2 is 1.65 bits per heavy atom. The van der Waals surface area contributed by atoms with Crippen molar-refractivity contribution in [3.05, 3.63) is 54.1 Å². The summed E-state index contributed by atoms with van der Waals surface area (Å²) in [5, 5.41) is 2.75. The summed E-state index contributed by atoms with van der Waals surface area (Å²) in [4.78, 5) is 11.8. The van der Waals surface area contributed by atoms with Crippen molar-refractivity contribution in [3.63, 3.8) is 0 Å². The molecule has 0 unspecified atom stereocenters. The van der Waals surface area contributed by atoms with Crippen molar-refractivity contribution in [2.45, 2.75) is 25.7 Å². The predicted molar refractivity (Wildman–Crippen MR) is 102 cm³/mol. The maximum absolute atomic E-state index is 12.4. The first-order chi connectivity index (χ1) is 12.3. The Hall–Kier alpha value is -2.54. The number of carbonyl (C=O) groups is 1. The molecule has 6 nitrogen and oxygen atoms in total. The van der Waals surface area contributed by atoms with Crippen molar-refractivity contribution in [1.82, 2.24) is 5.32 Å². The number of benzene rings is 2. The van der Waals surface area contributed by atoms with Crippen LogP contribution in [0.5, 0.6) is 5.75 Å². The van der Waals surface area contributed by atoms with Crippen LogP contribution in [-0.2, 0) is 14.8 Å². The van der Waals surface area contributed by atoms with Crippen molar-refractivity contribution < 1.29 is 17.9 Å². The normalized spacial score (nSPS) is 11.2. The summed E-state index contributed by atoms with van der Waals surface area (Å²) in [6, 6.07) is 13.0. The average Bonchev–Trinajstić information content (AvgIpc) is 2.60. The highest BCUT2D eigenvalue weighted by atomic mass is 32.2. The van der Waals surface area contributed by atoms with Crippen LogP contribution >= 0.6 is 0 Å². The molecule has 0 atom stereocenters. The maximum atomic E-state index is 12.4. The Morgan fingerprint density at radius 1 is 1.04 bits per heavy atom. The van der Waals surface area contributed by atoms with E-state index >= 15 is 0 Å². The molecular weight excluding hydrogens is 352 g/mol. The van der Waals surface area contributed by atoms with E-state index in [9.17, 15) is 13.2 Å². The third-order valence-corrected chi connectivity index (χ3v) is 4.91. The SMILES string of the molecule is Cc1ccc(NS(=O)(=O)c2ccc(OCC(=O)NCC(C)C)cc2)cc1. The lowest BCUT2D eigenvalue weighted by Crippen LogP contribution is -2.31. The lowest BCUT2D eigenvalue weighted by Gasteiger charge is -2.11. The number of ether oxygens (including phenoxy) is 1. The third-order valence-electron chi connectivity index (χ3n) is 3.52. The van der Waals surface area contributed by atoms with Crippen LogP contribution in [0.2, 0.25) is 0 Å². The van der Waals surface area contributed by atoms with Gasteiger partial charge in [0.2, 0.25) is 0 Å². The zero-order valence-corrected chi connectivity index (χ0v) is 16.0. The molecule has 1 amide bonds. The maximum Gasteiger partial charge on any atom is 0.261 e. The number of sulfonamides is 1. The van der Waals surface area contributed by atoms with Crippen molar-refractivity contribution >= 4 is 21.6 Å². The summed E-state index contributed by atoms with van der Waals surface area (Å²) in [5.41, 5.74) is 1.55. The zero-order chi connectivity index (χ0) is 19.2. The second kappa shape index (κ2) is 8.71. The Bertz CT molecular complexity index is 829. The predicted octanol–water partition coefficient (Wildman–Crippen LogP) is 2.95. The molecule has 0 bridgehead atoms. The molecule has 7 heteroatoms. The van der Waals surface area contributed by atoms with E-state index in [0.717, 1.165) is 5.56 Å². The van der Waals surface area contributed by atoms with E-state index < -0.39 is 10.0 Å². The van der Waals surface area contributed by atoms with Crippen molar-refractivity contribution in [3.8, 4) is 5.75 Å². The Morgan fingerprint density at radius 3 is 2.23 bits per heavy atom. The van der Waals surface area contributed by atoms with Gasteiger partial charge in [-0.2, -0.15) is 0 Å². The standard InChI is InChI=1S/C19H24N2O4S/c1-14(2)12-20-19(22)13-25-17-8-10-18(11-9-17)26(23,24)21-16-6-4-15(3)5-7-16/h4-11,14,21H,12-13H2,1-3H3,(H,20,22). The summed E-state index contributed by atoms with van der Waals surface area (Å²) in [6.07, 6.45) is 0. The van der Waals surface area contributed by atoms with Crippen LogP contribution in [0.1, 0.15) is 19.4 Å². The molecular formula is C19H24N2O4S. The summed E-state index contributed by atoms with van der Waals surface area (Å²) in [7, 11) is -3.68. The number of amides is 1. The number of aryl methyl sites for hydroxylation is 1. The van der Waals surface area contributed by atoms with Gasteiger partial charge in [-0.3, -0.25) is 9.52 Å². The lowest BCUT2D eigenvalue weighted by atomic mass is 10.2. The molecule has 26 heavy (non-hydrogen) atoms. The van der Waals surface area contributed by atoms with Gasteiger partial charge in [0, 0.05) is 12.2 Å². The van der Waals surface area contributed by atoms with Crippen LogP contribution in [0.25, 0.3) is 0 Å². The van der Waals surface area contributed by atoms with E-state index in [-0.39, 0.29) is 17.4 Å². The van der Waals surface area contributed by atoms with E-state index in [0.29, 0.717) is 23.9 Å². The second-order valence-corrected chi connectivity index (χ2v) is 8.11. The van der Waals surface area contributed by atoms with Crippen LogP contribution < -0.4 is 14.8 Å². The lowest BCUT2D eigenvalue weighted by molar-refractivity contribution is -0.123. The summed E-state index contributed by atoms with van der Waals surface area (Å²) in [6.45, 7) is 6.42. The van der Waals surface area contributed by atoms with Gasteiger partial charge in [0.05, 0.1) is 4.90 Å². The van der Waals surface area contributed by atoms with Gasteiger partial charge in [0.1, 0.15) is 5.75 Å². The number of hydrogen-bond acceptors (Lipinski definition) is 4. The molecule has 0 saturated heterocycles. The first-order valence-corrected chi connectivity index (χ1v) is 9.83. The van der Waals surface area contributed by atoms with Gasteiger partial charge in [-0.25, -0.2) is 8.42 Å². The van der Waals surface area contributed by atoms with Crippen molar-refractivity contribution in [2.75, 3.05) is 17.9 Å². The van der Waals surface area contributed by atoms with Gasteiger partial charge in [-0.1, -0.05) is 31.5 Å². The fourth-order valence-corrected chi connectivity index (χ4v) is 3.13. The number of nitrogens with one attached hydrogen (secondary N) is 2. The molecule has 0 spiro atoms. The fourth-order valence-electron chi connectivity index (χ4n) is 2.07. The number of anilines is 1. The Labute approximate surface area is 154 Å². The van der Waals surface area contributed by atoms with Gasteiger partial charge < -0.3 is 10.1 Å². The summed E-state index contributed by atoms with van der Waals surface area (Å²) < 4.78 is 32.7. The van der Waals surface area contributed by atoms with Crippen LogP contribution in [0.15, 0.2) is 53.4 Å². The second-order valence-electron chi connectivity index (χ2n) is 6.43. The largest absolute Gasteiger partial charge is 0.484 e. The molecule has 0 fully saturated rings. The van der Waals surface area contributed by atoms with Crippen molar-refractivity contribution in [1.29, 1.82) is 0 Å². The van der Waals surface area contributed by atoms with Gasteiger partial charge in [-0.05, 0) is 49.2 Å². The molecule has 2 aromatic carbocycles. The summed E-state index contributed by atoms with van der Waals surface area (Å²) >= 11 is 0. The van der Waals surface area contributed by atoms with E-state index in [4.69, 9.17) is 4.74 Å². The van der Waals surface area contributed by atoms with Crippen LogP contribution in [0, 0.1) is 12.8 Å². The topological polar surface area (TPSA) is 84.5 Å². The van der Waals surface area contributed by atoms with E-state index in [1.807, 2.05) is 32.9 Å². The van der Waals surface area contributed by atoms with Crippen LogP contribution in [0.4, 0.5) is 5.69 Å². The quantitative estimate of drug-likeness (QED) is 0.742. The van der Waals surface area contributed by atoms with Crippen molar-refractivity contribution in [2.24, 2.45) is 5.92 Å². The first-order valence-electron chi connectivity index (χ1n) is 8.35. The highest BCUT2D eigenvalue weighted by Crippen LogP contribution is 2.19. The number of carbonyl (C=O) groups excluding carboxylic acids is 1. The molecule has 0 aliphatic rings. The molecule has 0 aromatic heterocycles. The molecule has 2 rings (SSSR count). The number of hydrogen-bond donors (Lipinski definition) is 2. The minimum atomic E-state index is -3.68. The highest BCUT2D eigenvalue weighted by molar-refractivity contribution is 7.92. The molecule has 0 heterocycles. The monoisotopic (exact) mass is 376 g/mol. The summed E-state index contributed by atoms with van der Waals surface area (Å²) in [5.74, 6) is 0.583. The van der Waals surface area contributed by atoms with Crippen LogP contribution in [-0.4, -0.2) is 27.5 Å². The average molecular weight is 376 g/mol. The molecule has 0 radical (unpaired) electrons. The minimum absolute atomic E-state index is 0.111. The third kappa shape index (κ3) is 6.07. The van der Waals surface area contributed by atoms with Crippen LogP contribution in [0.3, 0.4) is 0 Å². The first kappa shape index (κ1) is 19.8. The molecule has 0 aliphatic heterocycles. The minimum Gasteiger partial charge on any atom is -0.484 e. The molecule has 0 aliphatic carbocycles.